The van der Waals surface area contributed by atoms with Crippen LogP contribution in [0.15, 0.2) is 24.3 Å². The number of carbonyl (C=O) groups excluding carboxylic acids is 4. The van der Waals surface area contributed by atoms with Crippen LogP contribution < -0.4 is 0 Å². The predicted octanol–water partition coefficient (Wildman–Crippen LogP) is 6.03. The molecule has 0 aromatic carbocycles. The maximum atomic E-state index is 14.0. The summed E-state index contributed by atoms with van der Waals surface area (Å²) in [4.78, 5) is 58.2. The number of ether oxygens (including phenoxy) is 1. The molecule has 5 rings (SSSR count). The summed E-state index contributed by atoms with van der Waals surface area (Å²) in [7, 11) is 0. The van der Waals surface area contributed by atoms with Gasteiger partial charge in [-0.25, -0.2) is 0 Å². The first-order valence-electron chi connectivity index (χ1n) is 16.3. The number of carbonyl (C=O) groups is 4. The molecule has 0 radical (unpaired) electrons. The average Bonchev–Trinajstić information content (AvgIpc) is 3.50. The molecular weight excluding hydrogens is 540 g/mol. The molecule has 5 aliphatic rings. The van der Waals surface area contributed by atoms with E-state index < -0.39 is 17.4 Å². The highest BCUT2D eigenvalue weighted by Gasteiger charge is 2.68. The van der Waals surface area contributed by atoms with Crippen molar-refractivity contribution >= 4 is 23.6 Å². The van der Waals surface area contributed by atoms with E-state index in [0.717, 1.165) is 6.42 Å². The highest BCUT2D eigenvalue weighted by Crippen LogP contribution is 2.57. The molecule has 238 valence electrons. The van der Waals surface area contributed by atoms with Gasteiger partial charge in [0.1, 0.15) is 5.60 Å². The fourth-order valence-electron chi connectivity index (χ4n) is 8.78. The molecule has 7 heteroatoms. The number of fused-ring (bicyclic) bond motifs is 6. The van der Waals surface area contributed by atoms with Gasteiger partial charge in [0, 0.05) is 13.1 Å². The van der Waals surface area contributed by atoms with Crippen molar-refractivity contribution in [2.24, 2.45) is 57.2 Å². The lowest BCUT2D eigenvalue weighted by molar-refractivity contribution is -0.146. The van der Waals surface area contributed by atoms with E-state index in [0.29, 0.717) is 25.9 Å². The van der Waals surface area contributed by atoms with E-state index in [1.165, 1.54) is 9.80 Å². The van der Waals surface area contributed by atoms with Crippen LogP contribution in [0, 0.1) is 57.2 Å². The van der Waals surface area contributed by atoms with Gasteiger partial charge in [-0.05, 0) is 52.8 Å². The van der Waals surface area contributed by atoms with E-state index in [2.05, 4.69) is 67.5 Å². The van der Waals surface area contributed by atoms with Gasteiger partial charge in [0.2, 0.25) is 23.6 Å². The predicted molar refractivity (Wildman–Crippen MR) is 166 cm³/mol. The Hall–Kier alpha value is -2.28. The summed E-state index contributed by atoms with van der Waals surface area (Å²) in [5.41, 5.74) is -1.51. The third-order valence-corrected chi connectivity index (χ3v) is 9.92. The van der Waals surface area contributed by atoms with E-state index in [1.54, 1.807) is 0 Å². The second-order valence-corrected chi connectivity index (χ2v) is 18.6. The molecule has 3 fully saturated rings. The standard InChI is InChI=1S/C36H54N2O5/c1-32(2,3)16-21-12-13-22(25-24(21)28(39)37(29(25)40)19-33(4,5)6)17-35(10,11)18-36-15-14-23(43-36)26-27(36)31(42)38(30(26)41)20-34(7,8)9/h12-15,21-27H,16-20H2,1-11H3. The molecule has 43 heavy (non-hydrogen) atoms. The van der Waals surface area contributed by atoms with Gasteiger partial charge in [-0.2, -0.15) is 0 Å². The zero-order chi connectivity index (χ0) is 32.1. The molecule has 2 bridgehead atoms. The van der Waals surface area contributed by atoms with Crippen LogP contribution in [0.4, 0.5) is 0 Å². The third-order valence-electron chi connectivity index (χ3n) is 9.92. The molecule has 1 aliphatic carbocycles. The van der Waals surface area contributed by atoms with Crippen LogP contribution >= 0.6 is 0 Å². The highest BCUT2D eigenvalue weighted by atomic mass is 16.5. The Morgan fingerprint density at radius 2 is 1.09 bits per heavy atom. The average molecular weight is 595 g/mol. The number of imide groups is 2. The number of hydrogen-bond donors (Lipinski definition) is 0. The van der Waals surface area contributed by atoms with Crippen molar-refractivity contribution in [3.05, 3.63) is 24.3 Å². The molecule has 4 heterocycles. The lowest BCUT2D eigenvalue weighted by Gasteiger charge is -2.41. The Balaban J connectivity index is 1.40. The first-order valence-corrected chi connectivity index (χ1v) is 16.3. The zero-order valence-corrected chi connectivity index (χ0v) is 28.3. The SMILES string of the molecule is CC(C)(C)CC1C=CC(CC(C)(C)CC23C=CC(O2)C2C(=O)N(CC(C)(C)C)C(=O)C23)C2C(=O)N(CC(C)(C)C)C(=O)C12. The van der Waals surface area contributed by atoms with Crippen LogP contribution in [0.25, 0.3) is 0 Å². The van der Waals surface area contributed by atoms with Gasteiger partial charge in [0.05, 0.1) is 29.8 Å². The van der Waals surface area contributed by atoms with Crippen molar-refractivity contribution in [2.75, 3.05) is 13.1 Å². The number of allylic oxidation sites excluding steroid dienone is 2. The second-order valence-electron chi connectivity index (χ2n) is 18.6. The summed E-state index contributed by atoms with van der Waals surface area (Å²) in [5, 5.41) is 0. The molecule has 7 nitrogen and oxygen atoms in total. The van der Waals surface area contributed by atoms with Crippen LogP contribution in [-0.2, 0) is 23.9 Å². The van der Waals surface area contributed by atoms with Crippen LogP contribution in [0.5, 0.6) is 0 Å². The molecule has 0 saturated carbocycles. The Morgan fingerprint density at radius 1 is 0.628 bits per heavy atom. The smallest absolute Gasteiger partial charge is 0.236 e. The fraction of sp³-hybridized carbons (Fsp3) is 0.778. The minimum Gasteiger partial charge on any atom is -0.362 e. The largest absolute Gasteiger partial charge is 0.362 e. The lowest BCUT2D eigenvalue weighted by atomic mass is 9.62. The van der Waals surface area contributed by atoms with Gasteiger partial charge < -0.3 is 4.74 Å². The van der Waals surface area contributed by atoms with Gasteiger partial charge >= 0.3 is 0 Å². The minimum absolute atomic E-state index is 0.0255. The second kappa shape index (κ2) is 10.1. The summed E-state index contributed by atoms with van der Waals surface area (Å²) in [6.45, 7) is 24.0. The first kappa shape index (κ1) is 32.1. The van der Waals surface area contributed by atoms with Gasteiger partial charge in [-0.1, -0.05) is 100 Å². The van der Waals surface area contributed by atoms with Gasteiger partial charge in [0.15, 0.2) is 0 Å². The molecule has 3 saturated heterocycles. The van der Waals surface area contributed by atoms with E-state index in [1.807, 2.05) is 32.9 Å². The first-order chi connectivity index (χ1) is 19.5. The van der Waals surface area contributed by atoms with E-state index in [4.69, 9.17) is 4.74 Å². The molecule has 4 aliphatic heterocycles. The molecule has 8 atom stereocenters. The number of nitrogens with zero attached hydrogens (tertiary/aromatic N) is 2. The van der Waals surface area contributed by atoms with Gasteiger partial charge in [0.25, 0.3) is 0 Å². The molecular formula is C36H54N2O5. The Morgan fingerprint density at radius 3 is 1.58 bits per heavy atom. The summed E-state index contributed by atoms with van der Waals surface area (Å²) in [6.07, 6.45) is 10.1. The lowest BCUT2D eigenvalue weighted by Crippen LogP contribution is -2.45. The Kier molecular flexibility index (Phi) is 7.56. The van der Waals surface area contributed by atoms with Crippen molar-refractivity contribution in [3.63, 3.8) is 0 Å². The molecule has 0 aromatic heterocycles. The molecule has 0 spiro atoms. The van der Waals surface area contributed by atoms with Crippen molar-refractivity contribution in [2.45, 2.75) is 107 Å². The Bertz CT molecular complexity index is 1260. The van der Waals surface area contributed by atoms with E-state index >= 15 is 0 Å². The summed E-state index contributed by atoms with van der Waals surface area (Å²) >= 11 is 0. The van der Waals surface area contributed by atoms with Crippen molar-refractivity contribution in [1.29, 1.82) is 0 Å². The van der Waals surface area contributed by atoms with Crippen molar-refractivity contribution < 1.29 is 23.9 Å². The summed E-state index contributed by atoms with van der Waals surface area (Å²) in [5.74, 6) is -2.08. The maximum Gasteiger partial charge on any atom is 0.236 e. The summed E-state index contributed by atoms with van der Waals surface area (Å²) < 4.78 is 6.51. The topological polar surface area (TPSA) is 84.0 Å². The zero-order valence-electron chi connectivity index (χ0n) is 28.3. The molecule has 8 unspecified atom stereocenters. The van der Waals surface area contributed by atoms with E-state index in [-0.39, 0.29) is 75.1 Å². The molecule has 4 amide bonds. The number of likely N-dealkylation sites (tertiary alicyclic amines) is 2. The van der Waals surface area contributed by atoms with Crippen LogP contribution in [0.3, 0.4) is 0 Å². The van der Waals surface area contributed by atoms with E-state index in [9.17, 15) is 19.2 Å². The fourth-order valence-corrected chi connectivity index (χ4v) is 8.78. The van der Waals surface area contributed by atoms with Crippen molar-refractivity contribution in [3.8, 4) is 0 Å². The molecule has 0 aromatic rings. The third kappa shape index (κ3) is 5.92. The van der Waals surface area contributed by atoms with Gasteiger partial charge in [-0.3, -0.25) is 29.0 Å². The van der Waals surface area contributed by atoms with Crippen molar-refractivity contribution in [1.82, 2.24) is 9.80 Å². The normalized spacial score (nSPS) is 35.9. The quantitative estimate of drug-likeness (QED) is 0.265. The number of amides is 4. The van der Waals surface area contributed by atoms with Crippen LogP contribution in [0.1, 0.15) is 95.4 Å². The molecule has 0 N–H and O–H groups in total. The van der Waals surface area contributed by atoms with Crippen LogP contribution in [0.2, 0.25) is 0 Å². The summed E-state index contributed by atoms with van der Waals surface area (Å²) in [6, 6.07) is 0. The van der Waals surface area contributed by atoms with Gasteiger partial charge in [-0.15, -0.1) is 0 Å². The van der Waals surface area contributed by atoms with Crippen LogP contribution in [-0.4, -0.2) is 58.2 Å². The highest BCUT2D eigenvalue weighted by molar-refractivity contribution is 6.07. The number of rotatable bonds is 7. The minimum atomic E-state index is -0.835. The monoisotopic (exact) mass is 594 g/mol. The number of hydrogen-bond acceptors (Lipinski definition) is 5. The Labute approximate surface area is 258 Å². The maximum absolute atomic E-state index is 14.0.